The van der Waals surface area contributed by atoms with Gasteiger partial charge in [0.15, 0.2) is 0 Å². The van der Waals surface area contributed by atoms with E-state index in [4.69, 9.17) is 0 Å². The molecule has 1 N–H and O–H groups in total. The summed E-state index contributed by atoms with van der Waals surface area (Å²) in [7, 11) is 0. The van der Waals surface area contributed by atoms with Gasteiger partial charge in [-0.1, -0.05) is 18.2 Å². The van der Waals surface area contributed by atoms with Crippen LogP contribution in [-0.4, -0.2) is 35.6 Å². The van der Waals surface area contributed by atoms with E-state index >= 15 is 0 Å². The van der Waals surface area contributed by atoms with Crippen LogP contribution in [0.5, 0.6) is 0 Å². The summed E-state index contributed by atoms with van der Waals surface area (Å²) < 4.78 is 0. The van der Waals surface area contributed by atoms with Crippen molar-refractivity contribution in [3.63, 3.8) is 0 Å². The first kappa shape index (κ1) is 10.5. The highest BCUT2D eigenvalue weighted by molar-refractivity contribution is 5.78. The van der Waals surface area contributed by atoms with Crippen LogP contribution in [0.1, 0.15) is 6.92 Å². The molecule has 4 nitrogen and oxygen atoms in total. The zero-order valence-electron chi connectivity index (χ0n) is 9.93. The van der Waals surface area contributed by atoms with Gasteiger partial charge in [-0.25, -0.2) is 9.97 Å². The topological polar surface area (TPSA) is 41.0 Å². The lowest BCUT2D eigenvalue weighted by atomic mass is 10.2. The second kappa shape index (κ2) is 4.30. The maximum Gasteiger partial charge on any atom is 0.226 e. The summed E-state index contributed by atoms with van der Waals surface area (Å²) in [5.74, 6) is 0.845. The van der Waals surface area contributed by atoms with Crippen LogP contribution < -0.4 is 10.2 Å². The number of nitrogens with one attached hydrogen (secondary N) is 1. The largest absolute Gasteiger partial charge is 0.336 e. The van der Waals surface area contributed by atoms with Gasteiger partial charge in [0, 0.05) is 37.3 Å². The van der Waals surface area contributed by atoms with Crippen molar-refractivity contribution in [1.29, 1.82) is 0 Å². The number of nitrogens with zero attached hydrogens (tertiary/aromatic N) is 3. The van der Waals surface area contributed by atoms with Crippen LogP contribution in [0.3, 0.4) is 0 Å². The van der Waals surface area contributed by atoms with Gasteiger partial charge in [-0.05, 0) is 13.0 Å². The van der Waals surface area contributed by atoms with Gasteiger partial charge in [0.2, 0.25) is 5.95 Å². The molecule has 4 heteroatoms. The Morgan fingerprint density at radius 3 is 3.12 bits per heavy atom. The van der Waals surface area contributed by atoms with Crippen molar-refractivity contribution in [3.8, 4) is 0 Å². The Morgan fingerprint density at radius 2 is 2.24 bits per heavy atom. The number of fused-ring (bicyclic) bond motifs is 1. The standard InChI is InChI=1S/C13H16N4/c1-10-8-14-6-7-17(10)13-15-9-11-4-2-3-5-12(11)16-13/h2-5,9-10,14H,6-8H2,1H3. The Balaban J connectivity index is 1.99. The van der Waals surface area contributed by atoms with Gasteiger partial charge in [-0.2, -0.15) is 0 Å². The number of para-hydroxylation sites is 1. The third kappa shape index (κ3) is 1.96. The molecule has 1 aliphatic heterocycles. The van der Waals surface area contributed by atoms with Gasteiger partial charge in [0.25, 0.3) is 0 Å². The molecule has 1 atom stereocenters. The second-order valence-electron chi connectivity index (χ2n) is 4.48. The maximum atomic E-state index is 4.64. The summed E-state index contributed by atoms with van der Waals surface area (Å²) in [6.07, 6.45) is 1.91. The summed E-state index contributed by atoms with van der Waals surface area (Å²) in [6, 6.07) is 8.55. The molecule has 0 aliphatic carbocycles. The van der Waals surface area contributed by atoms with Crippen LogP contribution in [-0.2, 0) is 0 Å². The summed E-state index contributed by atoms with van der Waals surface area (Å²) in [4.78, 5) is 11.4. The van der Waals surface area contributed by atoms with Gasteiger partial charge in [-0.15, -0.1) is 0 Å². The predicted molar refractivity (Wildman–Crippen MR) is 69.2 cm³/mol. The number of rotatable bonds is 1. The molecule has 1 aromatic carbocycles. The quantitative estimate of drug-likeness (QED) is 0.801. The first-order valence-corrected chi connectivity index (χ1v) is 6.04. The molecular weight excluding hydrogens is 212 g/mol. The molecule has 1 fully saturated rings. The zero-order valence-corrected chi connectivity index (χ0v) is 9.93. The molecule has 1 unspecified atom stereocenters. The monoisotopic (exact) mass is 228 g/mol. The summed E-state index contributed by atoms with van der Waals surface area (Å²) in [5.41, 5.74) is 1.02. The minimum Gasteiger partial charge on any atom is -0.336 e. The van der Waals surface area contributed by atoms with E-state index in [1.807, 2.05) is 30.5 Å². The summed E-state index contributed by atoms with van der Waals surface area (Å²) in [6.45, 7) is 5.17. The van der Waals surface area contributed by atoms with Crippen molar-refractivity contribution >= 4 is 16.9 Å². The van der Waals surface area contributed by atoms with E-state index in [1.165, 1.54) is 0 Å². The van der Waals surface area contributed by atoms with Crippen LogP contribution in [0.4, 0.5) is 5.95 Å². The van der Waals surface area contributed by atoms with Crippen molar-refractivity contribution in [2.45, 2.75) is 13.0 Å². The highest BCUT2D eigenvalue weighted by Gasteiger charge is 2.20. The molecule has 0 spiro atoms. The smallest absolute Gasteiger partial charge is 0.226 e. The Kier molecular flexibility index (Phi) is 2.65. The van der Waals surface area contributed by atoms with Gasteiger partial charge in [0.05, 0.1) is 5.52 Å². The van der Waals surface area contributed by atoms with Gasteiger partial charge < -0.3 is 10.2 Å². The van der Waals surface area contributed by atoms with Crippen LogP contribution in [0.25, 0.3) is 10.9 Å². The van der Waals surface area contributed by atoms with E-state index in [0.29, 0.717) is 6.04 Å². The van der Waals surface area contributed by atoms with E-state index in [-0.39, 0.29) is 0 Å². The molecule has 2 aromatic rings. The minimum absolute atomic E-state index is 0.449. The first-order valence-electron chi connectivity index (χ1n) is 6.04. The van der Waals surface area contributed by atoms with Gasteiger partial charge >= 0.3 is 0 Å². The number of aromatic nitrogens is 2. The van der Waals surface area contributed by atoms with Crippen LogP contribution >= 0.6 is 0 Å². The molecule has 2 heterocycles. The van der Waals surface area contributed by atoms with E-state index < -0.39 is 0 Å². The lowest BCUT2D eigenvalue weighted by Crippen LogP contribution is -2.50. The van der Waals surface area contributed by atoms with Crippen molar-refractivity contribution in [1.82, 2.24) is 15.3 Å². The highest BCUT2D eigenvalue weighted by Crippen LogP contribution is 2.17. The lowest BCUT2D eigenvalue weighted by Gasteiger charge is -2.33. The van der Waals surface area contributed by atoms with Crippen molar-refractivity contribution in [3.05, 3.63) is 30.5 Å². The van der Waals surface area contributed by atoms with Crippen molar-refractivity contribution in [2.24, 2.45) is 0 Å². The average Bonchev–Trinajstić information content (AvgIpc) is 2.39. The molecule has 1 aromatic heterocycles. The van der Waals surface area contributed by atoms with Crippen LogP contribution in [0.15, 0.2) is 30.5 Å². The fourth-order valence-electron chi connectivity index (χ4n) is 2.24. The summed E-state index contributed by atoms with van der Waals surface area (Å²) in [5, 5.41) is 4.47. The Bertz CT molecular complexity index is 526. The highest BCUT2D eigenvalue weighted by atomic mass is 15.3. The van der Waals surface area contributed by atoms with E-state index in [9.17, 15) is 0 Å². The van der Waals surface area contributed by atoms with Gasteiger partial charge in [-0.3, -0.25) is 0 Å². The SMILES string of the molecule is CC1CNCCN1c1ncc2ccccc2n1. The molecule has 0 bridgehead atoms. The molecular formula is C13H16N4. The normalized spacial score (nSPS) is 20.8. The third-order valence-corrected chi connectivity index (χ3v) is 3.23. The third-order valence-electron chi connectivity index (χ3n) is 3.23. The Labute approximate surface area is 101 Å². The molecule has 0 amide bonds. The lowest BCUT2D eigenvalue weighted by molar-refractivity contribution is 0.493. The second-order valence-corrected chi connectivity index (χ2v) is 4.48. The molecule has 3 rings (SSSR count). The fourth-order valence-corrected chi connectivity index (χ4v) is 2.24. The van der Waals surface area contributed by atoms with E-state index in [2.05, 4.69) is 27.1 Å². The number of anilines is 1. The van der Waals surface area contributed by atoms with Crippen LogP contribution in [0.2, 0.25) is 0 Å². The van der Waals surface area contributed by atoms with E-state index in [0.717, 1.165) is 36.5 Å². The number of hydrogen-bond donors (Lipinski definition) is 1. The first-order chi connectivity index (χ1) is 8.34. The maximum absolute atomic E-state index is 4.64. The van der Waals surface area contributed by atoms with Crippen molar-refractivity contribution in [2.75, 3.05) is 24.5 Å². The fraction of sp³-hybridized carbons (Fsp3) is 0.385. The zero-order chi connectivity index (χ0) is 11.7. The predicted octanol–water partition coefficient (Wildman–Crippen LogP) is 1.43. The number of benzene rings is 1. The molecule has 17 heavy (non-hydrogen) atoms. The van der Waals surface area contributed by atoms with E-state index in [1.54, 1.807) is 0 Å². The molecule has 0 radical (unpaired) electrons. The molecule has 88 valence electrons. The molecule has 0 saturated carbocycles. The molecule has 1 saturated heterocycles. The summed E-state index contributed by atoms with van der Waals surface area (Å²) >= 11 is 0. The molecule has 1 aliphatic rings. The van der Waals surface area contributed by atoms with Crippen LogP contribution in [0, 0.1) is 0 Å². The number of piperazine rings is 1. The minimum atomic E-state index is 0.449. The van der Waals surface area contributed by atoms with Crippen molar-refractivity contribution < 1.29 is 0 Å². The Hall–Kier alpha value is -1.68. The van der Waals surface area contributed by atoms with Gasteiger partial charge in [0.1, 0.15) is 0 Å². The Morgan fingerprint density at radius 1 is 1.35 bits per heavy atom. The number of hydrogen-bond acceptors (Lipinski definition) is 4. The average molecular weight is 228 g/mol.